The number of likely N-dealkylation sites (tertiary alicyclic amines) is 1. The third-order valence-electron chi connectivity index (χ3n) is 6.12. The Labute approximate surface area is 167 Å². The molecule has 1 aliphatic carbocycles. The van der Waals surface area contributed by atoms with Gasteiger partial charge in [0.2, 0.25) is 5.91 Å². The molecule has 6 heteroatoms. The molecule has 0 bridgehead atoms. The van der Waals surface area contributed by atoms with E-state index in [0.717, 1.165) is 12.8 Å². The van der Waals surface area contributed by atoms with Gasteiger partial charge in [-0.2, -0.15) is 0 Å². The molecule has 1 aromatic carbocycles. The predicted molar refractivity (Wildman–Crippen MR) is 109 cm³/mol. The summed E-state index contributed by atoms with van der Waals surface area (Å²) >= 11 is 0. The molecule has 2 aliphatic rings. The van der Waals surface area contributed by atoms with Crippen molar-refractivity contribution in [3.05, 3.63) is 30.3 Å². The van der Waals surface area contributed by atoms with E-state index in [2.05, 4.69) is 5.32 Å². The highest BCUT2D eigenvalue weighted by molar-refractivity contribution is 5.80. The van der Waals surface area contributed by atoms with Gasteiger partial charge in [-0.25, -0.2) is 0 Å². The SMILES string of the molecule is NCC(NC(=O)C1CCN(C(=O)COc2ccccc2)CC1)C1CCCCC1. The molecule has 28 heavy (non-hydrogen) atoms. The summed E-state index contributed by atoms with van der Waals surface area (Å²) in [6, 6.07) is 9.44. The van der Waals surface area contributed by atoms with E-state index in [4.69, 9.17) is 10.5 Å². The summed E-state index contributed by atoms with van der Waals surface area (Å²) in [4.78, 5) is 26.9. The van der Waals surface area contributed by atoms with Gasteiger partial charge >= 0.3 is 0 Å². The van der Waals surface area contributed by atoms with Crippen molar-refractivity contribution in [2.24, 2.45) is 17.6 Å². The number of hydrogen-bond acceptors (Lipinski definition) is 4. The van der Waals surface area contributed by atoms with E-state index < -0.39 is 0 Å². The zero-order chi connectivity index (χ0) is 19.8. The Bertz CT molecular complexity index is 623. The minimum absolute atomic E-state index is 0.0234. The normalized spacial score (nSPS) is 19.8. The van der Waals surface area contributed by atoms with Crippen molar-refractivity contribution in [2.45, 2.75) is 51.0 Å². The van der Waals surface area contributed by atoms with Crippen LogP contribution in [-0.2, 0) is 9.59 Å². The van der Waals surface area contributed by atoms with Gasteiger partial charge < -0.3 is 20.7 Å². The smallest absolute Gasteiger partial charge is 0.260 e. The highest BCUT2D eigenvalue weighted by Crippen LogP contribution is 2.27. The maximum absolute atomic E-state index is 12.7. The Morgan fingerprint density at radius 1 is 1.07 bits per heavy atom. The molecule has 6 nitrogen and oxygen atoms in total. The van der Waals surface area contributed by atoms with Crippen molar-refractivity contribution in [1.82, 2.24) is 10.2 Å². The van der Waals surface area contributed by atoms with Crippen molar-refractivity contribution < 1.29 is 14.3 Å². The minimum Gasteiger partial charge on any atom is -0.484 e. The van der Waals surface area contributed by atoms with Crippen molar-refractivity contribution >= 4 is 11.8 Å². The Balaban J connectivity index is 1.41. The van der Waals surface area contributed by atoms with Crippen LogP contribution >= 0.6 is 0 Å². The van der Waals surface area contributed by atoms with Crippen LogP contribution in [0, 0.1) is 11.8 Å². The number of nitrogens with one attached hydrogen (secondary N) is 1. The molecule has 1 unspecified atom stereocenters. The number of carbonyl (C=O) groups excluding carboxylic acids is 2. The lowest BCUT2D eigenvalue weighted by molar-refractivity contribution is -0.137. The lowest BCUT2D eigenvalue weighted by Gasteiger charge is -2.34. The molecule has 2 amide bonds. The summed E-state index contributed by atoms with van der Waals surface area (Å²) in [7, 11) is 0. The largest absolute Gasteiger partial charge is 0.484 e. The van der Waals surface area contributed by atoms with E-state index >= 15 is 0 Å². The molecule has 0 aromatic heterocycles. The quantitative estimate of drug-likeness (QED) is 0.752. The van der Waals surface area contributed by atoms with Gasteiger partial charge in [0.15, 0.2) is 6.61 Å². The fourth-order valence-electron chi connectivity index (χ4n) is 4.35. The van der Waals surface area contributed by atoms with Crippen LogP contribution in [-0.4, -0.2) is 49.0 Å². The predicted octanol–water partition coefficient (Wildman–Crippen LogP) is 2.33. The molecule has 3 rings (SSSR count). The van der Waals surface area contributed by atoms with E-state index in [1.165, 1.54) is 19.3 Å². The number of hydrogen-bond donors (Lipinski definition) is 2. The molecule has 0 spiro atoms. The number of piperidine rings is 1. The number of nitrogens with two attached hydrogens (primary N) is 1. The van der Waals surface area contributed by atoms with Crippen molar-refractivity contribution in [3.63, 3.8) is 0 Å². The molecule has 1 heterocycles. The summed E-state index contributed by atoms with van der Waals surface area (Å²) in [5, 5.41) is 3.20. The van der Waals surface area contributed by atoms with Gasteiger partial charge in [-0.3, -0.25) is 9.59 Å². The third kappa shape index (κ3) is 5.71. The van der Waals surface area contributed by atoms with Gasteiger partial charge in [-0.1, -0.05) is 37.5 Å². The van der Waals surface area contributed by atoms with Gasteiger partial charge in [0.1, 0.15) is 5.75 Å². The third-order valence-corrected chi connectivity index (χ3v) is 6.12. The van der Waals surface area contributed by atoms with E-state index in [1.807, 2.05) is 30.3 Å². The maximum Gasteiger partial charge on any atom is 0.260 e. The number of para-hydroxylation sites is 1. The molecule has 154 valence electrons. The number of nitrogens with zero attached hydrogens (tertiary/aromatic N) is 1. The summed E-state index contributed by atoms with van der Waals surface area (Å²) in [6.45, 7) is 1.75. The molecule has 0 radical (unpaired) electrons. The minimum atomic E-state index is -0.0308. The first-order valence-corrected chi connectivity index (χ1v) is 10.6. The highest BCUT2D eigenvalue weighted by atomic mass is 16.5. The number of amides is 2. The zero-order valence-electron chi connectivity index (χ0n) is 16.6. The number of carbonyl (C=O) groups is 2. The second kappa shape index (κ2) is 10.5. The van der Waals surface area contributed by atoms with Gasteiger partial charge in [0.25, 0.3) is 5.91 Å². The first kappa shape index (κ1) is 20.6. The Hall–Kier alpha value is -2.08. The first-order valence-electron chi connectivity index (χ1n) is 10.6. The summed E-state index contributed by atoms with van der Waals surface area (Å²) in [6.07, 6.45) is 7.50. The molecule has 1 saturated heterocycles. The van der Waals surface area contributed by atoms with Crippen LogP contribution in [0.2, 0.25) is 0 Å². The molecule has 1 aromatic rings. The summed E-state index contributed by atoms with van der Waals surface area (Å²) < 4.78 is 5.55. The molecular weight excluding hydrogens is 354 g/mol. The summed E-state index contributed by atoms with van der Waals surface area (Å²) in [5.41, 5.74) is 5.94. The molecule has 2 fully saturated rings. The van der Waals surface area contributed by atoms with Crippen LogP contribution in [0.4, 0.5) is 0 Å². The lowest BCUT2D eigenvalue weighted by Crippen LogP contribution is -2.50. The average molecular weight is 388 g/mol. The number of rotatable bonds is 7. The Morgan fingerprint density at radius 2 is 1.75 bits per heavy atom. The second-order valence-corrected chi connectivity index (χ2v) is 8.01. The van der Waals surface area contributed by atoms with Crippen LogP contribution in [0.5, 0.6) is 5.75 Å². The van der Waals surface area contributed by atoms with E-state index in [9.17, 15) is 9.59 Å². The number of benzene rings is 1. The average Bonchev–Trinajstić information content (AvgIpc) is 2.77. The monoisotopic (exact) mass is 387 g/mol. The Morgan fingerprint density at radius 3 is 2.39 bits per heavy atom. The topological polar surface area (TPSA) is 84.7 Å². The van der Waals surface area contributed by atoms with Gasteiger partial charge in [0.05, 0.1) is 0 Å². The Kier molecular flexibility index (Phi) is 7.71. The van der Waals surface area contributed by atoms with Crippen LogP contribution in [0.3, 0.4) is 0 Å². The standard InChI is InChI=1S/C22H33N3O3/c23-15-20(17-7-3-1-4-8-17)24-22(27)18-11-13-25(14-12-18)21(26)16-28-19-9-5-2-6-10-19/h2,5-6,9-10,17-18,20H,1,3-4,7-8,11-16,23H2,(H,24,27). The second-order valence-electron chi connectivity index (χ2n) is 8.01. The maximum atomic E-state index is 12.7. The van der Waals surface area contributed by atoms with Crippen molar-refractivity contribution in [2.75, 3.05) is 26.2 Å². The van der Waals surface area contributed by atoms with Gasteiger partial charge in [-0.05, 0) is 43.7 Å². The van der Waals surface area contributed by atoms with Crippen molar-refractivity contribution in [1.29, 1.82) is 0 Å². The van der Waals surface area contributed by atoms with Crippen LogP contribution in [0.1, 0.15) is 44.9 Å². The fourth-order valence-corrected chi connectivity index (χ4v) is 4.35. The highest BCUT2D eigenvalue weighted by Gasteiger charge is 2.30. The zero-order valence-corrected chi connectivity index (χ0v) is 16.6. The summed E-state index contributed by atoms with van der Waals surface area (Å²) in [5.74, 6) is 1.26. The van der Waals surface area contributed by atoms with Crippen LogP contribution < -0.4 is 15.8 Å². The molecule has 1 atom stereocenters. The van der Waals surface area contributed by atoms with Crippen LogP contribution in [0.25, 0.3) is 0 Å². The first-order chi connectivity index (χ1) is 13.7. The van der Waals surface area contributed by atoms with Crippen molar-refractivity contribution in [3.8, 4) is 5.75 Å². The molecule has 3 N–H and O–H groups in total. The molecule has 1 aliphatic heterocycles. The van der Waals surface area contributed by atoms with Gasteiger partial charge in [0, 0.05) is 31.6 Å². The van der Waals surface area contributed by atoms with E-state index in [1.54, 1.807) is 4.90 Å². The molecular formula is C22H33N3O3. The van der Waals surface area contributed by atoms with Gasteiger partial charge in [-0.15, -0.1) is 0 Å². The fraction of sp³-hybridized carbons (Fsp3) is 0.636. The number of ether oxygens (including phenoxy) is 1. The molecule has 1 saturated carbocycles. The van der Waals surface area contributed by atoms with E-state index in [-0.39, 0.29) is 30.4 Å². The van der Waals surface area contributed by atoms with Crippen LogP contribution in [0.15, 0.2) is 30.3 Å². The van der Waals surface area contributed by atoms with E-state index in [0.29, 0.717) is 44.1 Å². The lowest BCUT2D eigenvalue weighted by atomic mass is 9.83.